The Morgan fingerprint density at radius 1 is 0.947 bits per heavy atom. The summed E-state index contributed by atoms with van der Waals surface area (Å²) in [5.74, 6) is 1.91. The van der Waals surface area contributed by atoms with Gasteiger partial charge in [0.15, 0.2) is 0 Å². The monoisotopic (exact) mass is 266 g/mol. The van der Waals surface area contributed by atoms with Gasteiger partial charge in [-0.1, -0.05) is 39.5 Å². The number of hydrogen-bond acceptors (Lipinski definition) is 2. The Balaban J connectivity index is 1.81. The van der Waals surface area contributed by atoms with Crippen molar-refractivity contribution >= 4 is 0 Å². The second-order valence-electron chi connectivity index (χ2n) is 6.71. The Bertz CT molecular complexity index is 233. The van der Waals surface area contributed by atoms with E-state index in [0.29, 0.717) is 0 Å². The second-order valence-corrected chi connectivity index (χ2v) is 6.71. The summed E-state index contributed by atoms with van der Waals surface area (Å²) in [6, 6.07) is 0.788. The van der Waals surface area contributed by atoms with E-state index in [0.717, 1.165) is 24.4 Å². The van der Waals surface area contributed by atoms with Gasteiger partial charge in [0.2, 0.25) is 0 Å². The lowest BCUT2D eigenvalue weighted by molar-refractivity contribution is 0.141. The van der Waals surface area contributed by atoms with Gasteiger partial charge in [0.1, 0.15) is 0 Å². The van der Waals surface area contributed by atoms with Crippen LogP contribution < -0.4 is 5.32 Å². The van der Waals surface area contributed by atoms with Gasteiger partial charge in [-0.05, 0) is 57.2 Å². The van der Waals surface area contributed by atoms with Crippen LogP contribution in [0.3, 0.4) is 0 Å². The topological polar surface area (TPSA) is 15.3 Å². The number of nitrogens with zero attached hydrogens (tertiary/aromatic N) is 1. The zero-order chi connectivity index (χ0) is 13.5. The van der Waals surface area contributed by atoms with Crippen LogP contribution in [-0.4, -0.2) is 37.1 Å². The van der Waals surface area contributed by atoms with Gasteiger partial charge in [0, 0.05) is 12.6 Å². The highest BCUT2D eigenvalue weighted by Crippen LogP contribution is 2.27. The molecule has 0 radical (unpaired) electrons. The molecule has 2 fully saturated rings. The molecule has 0 aromatic carbocycles. The molecule has 2 unspecified atom stereocenters. The molecule has 1 saturated heterocycles. The SMILES string of the molecule is CCNC1CCCCCC1CN1CCC(CC)CC1. The van der Waals surface area contributed by atoms with Crippen LogP contribution in [0.2, 0.25) is 0 Å². The van der Waals surface area contributed by atoms with Crippen molar-refractivity contribution < 1.29 is 0 Å². The van der Waals surface area contributed by atoms with Gasteiger partial charge < -0.3 is 10.2 Å². The van der Waals surface area contributed by atoms with Crippen LogP contribution in [0.1, 0.15) is 65.2 Å². The molecule has 0 bridgehead atoms. The van der Waals surface area contributed by atoms with Crippen molar-refractivity contribution in [3.05, 3.63) is 0 Å². The average molecular weight is 266 g/mol. The second kappa shape index (κ2) is 8.26. The minimum Gasteiger partial charge on any atom is -0.314 e. The van der Waals surface area contributed by atoms with E-state index in [-0.39, 0.29) is 0 Å². The fourth-order valence-corrected chi connectivity index (χ4v) is 4.04. The van der Waals surface area contributed by atoms with E-state index >= 15 is 0 Å². The number of piperidine rings is 1. The summed E-state index contributed by atoms with van der Waals surface area (Å²) >= 11 is 0. The van der Waals surface area contributed by atoms with Gasteiger partial charge in [-0.2, -0.15) is 0 Å². The molecule has 0 amide bonds. The molecule has 0 aromatic heterocycles. The fraction of sp³-hybridized carbons (Fsp3) is 1.00. The highest BCUT2D eigenvalue weighted by atomic mass is 15.1. The standard InChI is InChI=1S/C17H34N2/c1-3-15-10-12-19(13-11-15)14-16-8-6-5-7-9-17(16)18-4-2/h15-18H,3-14H2,1-2H3. The molecule has 1 heterocycles. The Labute approximate surface area is 120 Å². The Hall–Kier alpha value is -0.0800. The van der Waals surface area contributed by atoms with E-state index < -0.39 is 0 Å². The van der Waals surface area contributed by atoms with E-state index in [1.165, 1.54) is 71.0 Å². The lowest BCUT2D eigenvalue weighted by atomic mass is 9.90. The first kappa shape index (κ1) is 15.3. The molecule has 2 rings (SSSR count). The third kappa shape index (κ3) is 4.75. The maximum atomic E-state index is 3.76. The first-order valence-electron chi connectivity index (χ1n) is 8.79. The van der Waals surface area contributed by atoms with E-state index in [1.807, 2.05) is 0 Å². The first-order valence-corrected chi connectivity index (χ1v) is 8.79. The molecule has 1 saturated carbocycles. The summed E-state index contributed by atoms with van der Waals surface area (Å²) in [7, 11) is 0. The Morgan fingerprint density at radius 3 is 2.37 bits per heavy atom. The molecule has 19 heavy (non-hydrogen) atoms. The van der Waals surface area contributed by atoms with Crippen molar-refractivity contribution in [2.24, 2.45) is 11.8 Å². The van der Waals surface area contributed by atoms with Crippen molar-refractivity contribution in [1.29, 1.82) is 0 Å². The minimum atomic E-state index is 0.788. The van der Waals surface area contributed by atoms with Crippen LogP contribution in [0.5, 0.6) is 0 Å². The number of hydrogen-bond donors (Lipinski definition) is 1. The average Bonchev–Trinajstić information content (AvgIpc) is 2.66. The van der Waals surface area contributed by atoms with E-state index in [4.69, 9.17) is 0 Å². The summed E-state index contributed by atoms with van der Waals surface area (Å²) in [5, 5.41) is 3.76. The van der Waals surface area contributed by atoms with Crippen LogP contribution in [0.4, 0.5) is 0 Å². The molecule has 1 aliphatic heterocycles. The van der Waals surface area contributed by atoms with E-state index in [9.17, 15) is 0 Å². The van der Waals surface area contributed by atoms with Crippen LogP contribution in [0.15, 0.2) is 0 Å². The number of likely N-dealkylation sites (tertiary alicyclic amines) is 1. The van der Waals surface area contributed by atoms with Crippen LogP contribution in [-0.2, 0) is 0 Å². The first-order chi connectivity index (χ1) is 9.33. The number of rotatable bonds is 5. The summed E-state index contributed by atoms with van der Waals surface area (Å²) in [6.07, 6.45) is 11.5. The van der Waals surface area contributed by atoms with E-state index in [1.54, 1.807) is 0 Å². The van der Waals surface area contributed by atoms with Crippen LogP contribution in [0.25, 0.3) is 0 Å². The van der Waals surface area contributed by atoms with Gasteiger partial charge in [0.25, 0.3) is 0 Å². The predicted molar refractivity (Wildman–Crippen MR) is 83.5 cm³/mol. The lowest BCUT2D eigenvalue weighted by Gasteiger charge is -2.36. The van der Waals surface area contributed by atoms with Crippen molar-refractivity contribution in [3.8, 4) is 0 Å². The lowest BCUT2D eigenvalue weighted by Crippen LogP contribution is -2.44. The molecular weight excluding hydrogens is 232 g/mol. The van der Waals surface area contributed by atoms with Crippen LogP contribution >= 0.6 is 0 Å². The molecule has 2 nitrogen and oxygen atoms in total. The maximum absolute atomic E-state index is 3.76. The summed E-state index contributed by atoms with van der Waals surface area (Å²) in [4.78, 5) is 2.76. The molecule has 0 spiro atoms. The maximum Gasteiger partial charge on any atom is 0.0107 e. The molecule has 2 atom stereocenters. The smallest absolute Gasteiger partial charge is 0.0107 e. The minimum absolute atomic E-state index is 0.788. The predicted octanol–water partition coefficient (Wildman–Crippen LogP) is 3.67. The van der Waals surface area contributed by atoms with Crippen molar-refractivity contribution in [2.45, 2.75) is 71.3 Å². The van der Waals surface area contributed by atoms with E-state index in [2.05, 4.69) is 24.1 Å². The van der Waals surface area contributed by atoms with Crippen molar-refractivity contribution in [2.75, 3.05) is 26.2 Å². The zero-order valence-corrected chi connectivity index (χ0v) is 13.2. The normalized spacial score (nSPS) is 31.3. The highest BCUT2D eigenvalue weighted by molar-refractivity contribution is 4.83. The van der Waals surface area contributed by atoms with Gasteiger partial charge >= 0.3 is 0 Å². The van der Waals surface area contributed by atoms with Crippen molar-refractivity contribution in [3.63, 3.8) is 0 Å². The van der Waals surface area contributed by atoms with Gasteiger partial charge in [0.05, 0.1) is 0 Å². The zero-order valence-electron chi connectivity index (χ0n) is 13.2. The Kier molecular flexibility index (Phi) is 6.66. The number of nitrogens with one attached hydrogen (secondary N) is 1. The molecule has 2 heteroatoms. The summed E-state index contributed by atoms with van der Waals surface area (Å²) in [5.41, 5.74) is 0. The molecule has 0 aromatic rings. The Morgan fingerprint density at radius 2 is 1.68 bits per heavy atom. The fourth-order valence-electron chi connectivity index (χ4n) is 4.04. The third-order valence-corrected chi connectivity index (χ3v) is 5.40. The van der Waals surface area contributed by atoms with Crippen LogP contribution in [0, 0.1) is 11.8 Å². The van der Waals surface area contributed by atoms with Gasteiger partial charge in [-0.15, -0.1) is 0 Å². The van der Waals surface area contributed by atoms with Gasteiger partial charge in [-0.25, -0.2) is 0 Å². The molecule has 1 N–H and O–H groups in total. The molecular formula is C17H34N2. The molecule has 2 aliphatic rings. The summed E-state index contributed by atoms with van der Waals surface area (Å²) < 4.78 is 0. The molecule has 1 aliphatic carbocycles. The summed E-state index contributed by atoms with van der Waals surface area (Å²) in [6.45, 7) is 9.82. The highest BCUT2D eigenvalue weighted by Gasteiger charge is 2.26. The van der Waals surface area contributed by atoms with Crippen molar-refractivity contribution in [1.82, 2.24) is 10.2 Å². The van der Waals surface area contributed by atoms with Gasteiger partial charge in [-0.3, -0.25) is 0 Å². The third-order valence-electron chi connectivity index (χ3n) is 5.40. The quantitative estimate of drug-likeness (QED) is 0.764. The largest absolute Gasteiger partial charge is 0.314 e. The molecule has 112 valence electrons.